The number of H-pyrrole nitrogens is 1. The van der Waals surface area contributed by atoms with Crippen molar-refractivity contribution in [3.8, 4) is 0 Å². The summed E-state index contributed by atoms with van der Waals surface area (Å²) in [4.78, 5) is 14.8. The Labute approximate surface area is 109 Å². The van der Waals surface area contributed by atoms with Crippen LogP contribution in [0.4, 0.5) is 0 Å². The zero-order chi connectivity index (χ0) is 12.2. The molecule has 0 saturated heterocycles. The minimum atomic E-state index is -0.292. The highest BCUT2D eigenvalue weighted by Crippen LogP contribution is 2.10. The summed E-state index contributed by atoms with van der Waals surface area (Å²) >= 11 is 0. The smallest absolute Gasteiger partial charge is 0.253 e. The van der Waals surface area contributed by atoms with Gasteiger partial charge in [-0.05, 0) is 25.8 Å². The molecule has 1 aromatic rings. The van der Waals surface area contributed by atoms with Crippen LogP contribution in [0.2, 0.25) is 0 Å². The van der Waals surface area contributed by atoms with Crippen molar-refractivity contribution in [1.82, 2.24) is 10.3 Å². The summed E-state index contributed by atoms with van der Waals surface area (Å²) in [7, 11) is 0. The Morgan fingerprint density at radius 1 is 1.47 bits per heavy atom. The molecule has 0 spiro atoms. The van der Waals surface area contributed by atoms with Gasteiger partial charge in [0.15, 0.2) is 0 Å². The molecule has 5 heteroatoms. The van der Waals surface area contributed by atoms with Gasteiger partial charge in [0.1, 0.15) is 0 Å². The molecule has 4 nitrogen and oxygen atoms in total. The van der Waals surface area contributed by atoms with E-state index in [0.29, 0.717) is 12.1 Å². The van der Waals surface area contributed by atoms with Crippen LogP contribution in [0.5, 0.6) is 0 Å². The molecule has 1 heterocycles. The van der Waals surface area contributed by atoms with Crippen molar-refractivity contribution in [3.63, 3.8) is 0 Å². The highest BCUT2D eigenvalue weighted by molar-refractivity contribution is 5.95. The third-order valence-electron chi connectivity index (χ3n) is 3.21. The highest BCUT2D eigenvalue weighted by atomic mass is 35.5. The second kappa shape index (κ2) is 6.67. The van der Waals surface area contributed by atoms with Crippen molar-refractivity contribution in [2.45, 2.75) is 39.2 Å². The van der Waals surface area contributed by atoms with E-state index in [0.717, 1.165) is 18.5 Å². The van der Waals surface area contributed by atoms with E-state index in [9.17, 15) is 4.79 Å². The lowest BCUT2D eigenvalue weighted by Gasteiger charge is -2.26. The molecule has 98 valence electrons. The number of halogens is 1. The molecular formula is C12H22ClN3O. The number of nitrogens with one attached hydrogen (secondary N) is 2. The number of aromatic amines is 1. The predicted molar refractivity (Wildman–Crippen MR) is 72.6 cm³/mol. The van der Waals surface area contributed by atoms with Crippen molar-refractivity contribution >= 4 is 18.3 Å². The normalized spacial score (nSPS) is 10.8. The topological polar surface area (TPSA) is 70.9 Å². The van der Waals surface area contributed by atoms with Gasteiger partial charge in [0.2, 0.25) is 0 Å². The second-order valence-corrected chi connectivity index (χ2v) is 4.27. The van der Waals surface area contributed by atoms with Crippen molar-refractivity contribution in [2.24, 2.45) is 5.73 Å². The van der Waals surface area contributed by atoms with E-state index in [-0.39, 0.29) is 23.9 Å². The molecule has 1 aromatic heterocycles. The summed E-state index contributed by atoms with van der Waals surface area (Å²) in [6.07, 6.45) is 3.48. The minimum Gasteiger partial charge on any atom is -0.365 e. The van der Waals surface area contributed by atoms with Crippen LogP contribution in [0, 0.1) is 6.92 Å². The molecule has 0 fully saturated rings. The fraction of sp³-hybridized carbons (Fsp3) is 0.583. The number of amides is 1. The molecular weight excluding hydrogens is 238 g/mol. The van der Waals surface area contributed by atoms with Gasteiger partial charge in [-0.3, -0.25) is 4.79 Å². The quantitative estimate of drug-likeness (QED) is 0.757. The molecule has 0 atom stereocenters. The fourth-order valence-corrected chi connectivity index (χ4v) is 1.55. The Morgan fingerprint density at radius 3 is 2.47 bits per heavy atom. The predicted octanol–water partition coefficient (Wildman–Crippen LogP) is 1.99. The maximum absolute atomic E-state index is 11.8. The average Bonchev–Trinajstić information content (AvgIpc) is 2.72. The molecule has 0 radical (unpaired) electrons. The largest absolute Gasteiger partial charge is 0.365 e. The van der Waals surface area contributed by atoms with E-state index < -0.39 is 0 Å². The van der Waals surface area contributed by atoms with Crippen LogP contribution in [0.15, 0.2) is 12.3 Å². The summed E-state index contributed by atoms with van der Waals surface area (Å²) < 4.78 is 0. The zero-order valence-corrected chi connectivity index (χ0v) is 11.5. The van der Waals surface area contributed by atoms with Crippen molar-refractivity contribution in [3.05, 3.63) is 23.5 Å². The zero-order valence-electron chi connectivity index (χ0n) is 10.7. The lowest BCUT2D eigenvalue weighted by atomic mass is 9.94. The van der Waals surface area contributed by atoms with Gasteiger partial charge >= 0.3 is 0 Å². The van der Waals surface area contributed by atoms with Crippen LogP contribution >= 0.6 is 12.4 Å². The van der Waals surface area contributed by atoms with Crippen LogP contribution in [-0.4, -0.2) is 23.0 Å². The molecule has 4 N–H and O–H groups in total. The lowest BCUT2D eigenvalue weighted by molar-refractivity contribution is 0.0941. The van der Waals surface area contributed by atoms with Gasteiger partial charge in [-0.1, -0.05) is 13.8 Å². The van der Waals surface area contributed by atoms with Crippen molar-refractivity contribution < 1.29 is 4.79 Å². The number of hydrogen-bond donors (Lipinski definition) is 3. The summed E-state index contributed by atoms with van der Waals surface area (Å²) in [5.74, 6) is -0.0597. The first-order valence-electron chi connectivity index (χ1n) is 5.73. The average molecular weight is 260 g/mol. The number of rotatable bonds is 5. The molecule has 0 aliphatic heterocycles. The summed E-state index contributed by atoms with van der Waals surface area (Å²) in [6, 6.07) is 1.78. The lowest BCUT2D eigenvalue weighted by Crippen LogP contribution is -2.49. The summed E-state index contributed by atoms with van der Waals surface area (Å²) in [5, 5.41) is 2.88. The van der Waals surface area contributed by atoms with E-state index in [4.69, 9.17) is 5.73 Å². The van der Waals surface area contributed by atoms with Crippen LogP contribution in [0.3, 0.4) is 0 Å². The number of carbonyl (C=O) groups is 1. The molecule has 1 rings (SSSR count). The van der Waals surface area contributed by atoms with Gasteiger partial charge in [0, 0.05) is 24.0 Å². The fourth-order valence-electron chi connectivity index (χ4n) is 1.55. The molecule has 17 heavy (non-hydrogen) atoms. The summed E-state index contributed by atoms with van der Waals surface area (Å²) in [5.41, 5.74) is 7.39. The molecule has 0 bridgehead atoms. The van der Waals surface area contributed by atoms with Crippen molar-refractivity contribution in [2.75, 3.05) is 6.54 Å². The van der Waals surface area contributed by atoms with Gasteiger partial charge in [-0.2, -0.15) is 0 Å². The Hall–Kier alpha value is -1.00. The first-order chi connectivity index (χ1) is 7.52. The van der Waals surface area contributed by atoms with Crippen molar-refractivity contribution in [1.29, 1.82) is 0 Å². The Bertz CT molecular complexity index is 358. The molecule has 0 aliphatic rings. The second-order valence-electron chi connectivity index (χ2n) is 4.27. The number of carbonyl (C=O) groups excluding carboxylic acids is 1. The molecule has 0 aliphatic carbocycles. The SMILES string of the molecule is CCC(N)(CC)CNC(=O)c1cc[nH]c1C.Cl. The third kappa shape index (κ3) is 4.06. The summed E-state index contributed by atoms with van der Waals surface area (Å²) in [6.45, 7) is 6.47. The molecule has 0 saturated carbocycles. The third-order valence-corrected chi connectivity index (χ3v) is 3.21. The number of aromatic nitrogens is 1. The van der Waals surface area contributed by atoms with E-state index in [2.05, 4.69) is 10.3 Å². The van der Waals surface area contributed by atoms with Crippen LogP contribution in [-0.2, 0) is 0 Å². The highest BCUT2D eigenvalue weighted by Gasteiger charge is 2.21. The van der Waals surface area contributed by atoms with Crippen LogP contribution in [0.1, 0.15) is 42.7 Å². The van der Waals surface area contributed by atoms with Gasteiger partial charge in [-0.25, -0.2) is 0 Å². The first-order valence-corrected chi connectivity index (χ1v) is 5.73. The minimum absolute atomic E-state index is 0. The van der Waals surface area contributed by atoms with E-state index >= 15 is 0 Å². The number of aryl methyl sites for hydroxylation is 1. The Kier molecular flexibility index (Phi) is 6.27. The first kappa shape index (κ1) is 16.0. The molecule has 0 aromatic carbocycles. The van der Waals surface area contributed by atoms with Gasteiger partial charge in [0.05, 0.1) is 5.56 Å². The van der Waals surface area contributed by atoms with Crippen LogP contribution in [0.25, 0.3) is 0 Å². The standard InChI is InChI=1S/C12H21N3O.ClH/c1-4-12(13,5-2)8-15-11(16)10-6-7-14-9(10)3;/h6-7,14H,4-5,8,13H2,1-3H3,(H,15,16);1H. The maximum Gasteiger partial charge on any atom is 0.253 e. The Balaban J connectivity index is 0.00000256. The van der Waals surface area contributed by atoms with E-state index in [1.54, 1.807) is 12.3 Å². The number of hydrogen-bond acceptors (Lipinski definition) is 2. The van der Waals surface area contributed by atoms with E-state index in [1.807, 2.05) is 20.8 Å². The van der Waals surface area contributed by atoms with Gasteiger partial charge in [0.25, 0.3) is 5.91 Å². The molecule has 1 amide bonds. The molecule has 0 unspecified atom stereocenters. The van der Waals surface area contributed by atoms with Gasteiger partial charge in [-0.15, -0.1) is 12.4 Å². The van der Waals surface area contributed by atoms with E-state index in [1.165, 1.54) is 0 Å². The van der Waals surface area contributed by atoms with Crippen LogP contribution < -0.4 is 11.1 Å². The Morgan fingerprint density at radius 2 is 2.06 bits per heavy atom. The maximum atomic E-state index is 11.8. The van der Waals surface area contributed by atoms with Gasteiger partial charge < -0.3 is 16.0 Å². The monoisotopic (exact) mass is 259 g/mol. The number of nitrogens with two attached hydrogens (primary N) is 1.